The highest BCUT2D eigenvalue weighted by atomic mass is 32.1. The summed E-state index contributed by atoms with van der Waals surface area (Å²) < 4.78 is 17.4. The number of rotatable bonds is 2. The van der Waals surface area contributed by atoms with E-state index < -0.39 is 5.79 Å². The van der Waals surface area contributed by atoms with Crippen LogP contribution >= 0.6 is 11.3 Å². The first-order valence-corrected chi connectivity index (χ1v) is 9.48. The first kappa shape index (κ1) is 16.4. The fraction of sp³-hybridized carbons (Fsp3) is 0.421. The smallest absolute Gasteiger partial charge is 0.409 e. The lowest BCUT2D eigenvalue weighted by molar-refractivity contribution is -0.226. The molecule has 2 aromatic rings. The molecule has 0 N–H and O–H groups in total. The molecule has 3 heterocycles. The largest absolute Gasteiger partial charge is 0.462 e. The van der Waals surface area contributed by atoms with Gasteiger partial charge in [-0.15, -0.1) is 11.3 Å². The fourth-order valence-electron chi connectivity index (χ4n) is 3.32. The normalized spacial score (nSPS) is 18.5. The van der Waals surface area contributed by atoms with Gasteiger partial charge in [0.1, 0.15) is 5.75 Å². The molecule has 0 aliphatic carbocycles. The van der Waals surface area contributed by atoms with Gasteiger partial charge in [-0.2, -0.15) is 0 Å². The lowest BCUT2D eigenvalue weighted by Gasteiger charge is -2.43. The van der Waals surface area contributed by atoms with Crippen LogP contribution in [0.25, 0.3) is 10.4 Å². The van der Waals surface area contributed by atoms with Gasteiger partial charge < -0.3 is 19.1 Å². The highest BCUT2D eigenvalue weighted by Gasteiger charge is 2.42. The predicted octanol–water partition coefficient (Wildman–Crippen LogP) is 4.27. The van der Waals surface area contributed by atoms with Crippen molar-refractivity contribution in [3.8, 4) is 16.2 Å². The highest BCUT2D eigenvalue weighted by Crippen LogP contribution is 2.39. The summed E-state index contributed by atoms with van der Waals surface area (Å²) in [7, 11) is 0. The number of hydrogen-bond donors (Lipinski definition) is 0. The summed E-state index contributed by atoms with van der Waals surface area (Å²) in [4.78, 5) is 14.8. The van der Waals surface area contributed by atoms with Crippen LogP contribution < -0.4 is 4.74 Å². The number of thiophene rings is 1. The number of fused-ring (bicyclic) bond motifs is 1. The molecule has 0 atom stereocenters. The van der Waals surface area contributed by atoms with Gasteiger partial charge in [-0.1, -0.05) is 6.07 Å². The van der Waals surface area contributed by atoms with E-state index in [4.69, 9.17) is 14.2 Å². The molecule has 2 aliphatic heterocycles. The van der Waals surface area contributed by atoms with Crippen LogP contribution in [0.1, 0.15) is 25.3 Å². The molecule has 2 aliphatic rings. The molecule has 1 aromatic carbocycles. The van der Waals surface area contributed by atoms with Gasteiger partial charge >= 0.3 is 6.09 Å². The summed E-state index contributed by atoms with van der Waals surface area (Å²) in [6, 6.07) is 10.4. The van der Waals surface area contributed by atoms with Crippen molar-refractivity contribution >= 4 is 17.4 Å². The van der Waals surface area contributed by atoms with E-state index >= 15 is 0 Å². The Morgan fingerprint density at radius 2 is 2.16 bits per heavy atom. The third-order valence-electron chi connectivity index (χ3n) is 4.70. The Morgan fingerprint density at radius 3 is 2.88 bits per heavy atom. The molecular weight excluding hydrogens is 338 g/mol. The molecule has 25 heavy (non-hydrogen) atoms. The number of piperidine rings is 1. The van der Waals surface area contributed by atoms with Crippen LogP contribution in [0.5, 0.6) is 5.75 Å². The molecule has 0 bridgehead atoms. The van der Waals surface area contributed by atoms with Crippen molar-refractivity contribution in [2.75, 3.05) is 19.7 Å². The number of hydrogen-bond acceptors (Lipinski definition) is 5. The molecule has 5 nitrogen and oxygen atoms in total. The highest BCUT2D eigenvalue weighted by molar-refractivity contribution is 7.13. The summed E-state index contributed by atoms with van der Waals surface area (Å²) >= 11 is 1.72. The Balaban J connectivity index is 1.46. The second kappa shape index (κ2) is 6.69. The van der Waals surface area contributed by atoms with E-state index in [0.717, 1.165) is 11.3 Å². The minimum Gasteiger partial charge on any atom is -0.462 e. The summed E-state index contributed by atoms with van der Waals surface area (Å²) in [6.07, 6.45) is 1.05. The van der Waals surface area contributed by atoms with Gasteiger partial charge in [0, 0.05) is 36.4 Å². The van der Waals surface area contributed by atoms with E-state index in [1.54, 1.807) is 16.2 Å². The van der Waals surface area contributed by atoms with Crippen molar-refractivity contribution in [2.45, 2.75) is 32.2 Å². The van der Waals surface area contributed by atoms with Crippen LogP contribution in [0, 0.1) is 0 Å². The summed E-state index contributed by atoms with van der Waals surface area (Å²) in [5, 5.41) is 2.08. The van der Waals surface area contributed by atoms with Gasteiger partial charge in [0.25, 0.3) is 0 Å². The summed E-state index contributed by atoms with van der Waals surface area (Å²) in [5.41, 5.74) is 2.26. The molecule has 0 radical (unpaired) electrons. The van der Waals surface area contributed by atoms with Crippen LogP contribution in [0.2, 0.25) is 0 Å². The molecule has 0 saturated carbocycles. The van der Waals surface area contributed by atoms with Crippen molar-refractivity contribution in [2.24, 2.45) is 0 Å². The Kier molecular flexibility index (Phi) is 4.39. The van der Waals surface area contributed by atoms with E-state index in [0.29, 0.717) is 39.1 Å². The molecular formula is C19H21NO4S. The molecule has 1 aromatic heterocycles. The zero-order valence-corrected chi connectivity index (χ0v) is 15.0. The van der Waals surface area contributed by atoms with Crippen molar-refractivity contribution in [3.05, 3.63) is 41.3 Å². The molecule has 132 valence electrons. The molecule has 1 spiro atoms. The van der Waals surface area contributed by atoms with E-state index in [2.05, 4.69) is 29.6 Å². The van der Waals surface area contributed by atoms with Gasteiger partial charge in [0.15, 0.2) is 0 Å². The second-order valence-electron chi connectivity index (χ2n) is 6.29. The van der Waals surface area contributed by atoms with E-state index in [9.17, 15) is 4.79 Å². The van der Waals surface area contributed by atoms with Crippen LogP contribution in [-0.4, -0.2) is 36.5 Å². The first-order chi connectivity index (χ1) is 12.2. The Morgan fingerprint density at radius 1 is 1.32 bits per heavy atom. The number of amides is 1. The number of benzene rings is 1. The minimum absolute atomic E-state index is 0.255. The molecule has 1 amide bonds. The topological polar surface area (TPSA) is 48.0 Å². The molecule has 0 unspecified atom stereocenters. The van der Waals surface area contributed by atoms with Crippen LogP contribution in [0.4, 0.5) is 4.79 Å². The number of nitrogens with zero attached hydrogens (tertiary/aromatic N) is 1. The second-order valence-corrected chi connectivity index (χ2v) is 7.23. The Bertz CT molecular complexity index is 751. The SMILES string of the molecule is CCOC(=O)N1CCC2(CC1)OCc1cc(-c3cccs3)ccc1O2. The van der Waals surface area contributed by atoms with Gasteiger partial charge in [0.2, 0.25) is 5.79 Å². The van der Waals surface area contributed by atoms with Crippen LogP contribution in [-0.2, 0) is 16.1 Å². The quantitative estimate of drug-likeness (QED) is 0.803. The maximum Gasteiger partial charge on any atom is 0.409 e. The van der Waals surface area contributed by atoms with Crippen LogP contribution in [0.3, 0.4) is 0 Å². The summed E-state index contributed by atoms with van der Waals surface area (Å²) in [6.45, 7) is 3.92. The monoisotopic (exact) mass is 359 g/mol. The average molecular weight is 359 g/mol. The van der Waals surface area contributed by atoms with E-state index in [-0.39, 0.29) is 6.09 Å². The average Bonchev–Trinajstić information content (AvgIpc) is 3.17. The lowest BCUT2D eigenvalue weighted by atomic mass is 10.0. The number of likely N-dealkylation sites (tertiary alicyclic amines) is 1. The van der Waals surface area contributed by atoms with E-state index in [1.807, 2.05) is 13.0 Å². The maximum atomic E-state index is 11.8. The molecule has 4 rings (SSSR count). The van der Waals surface area contributed by atoms with Crippen molar-refractivity contribution in [1.82, 2.24) is 4.90 Å². The molecule has 1 saturated heterocycles. The first-order valence-electron chi connectivity index (χ1n) is 8.61. The van der Waals surface area contributed by atoms with Gasteiger partial charge in [-0.25, -0.2) is 4.79 Å². The fourth-order valence-corrected chi connectivity index (χ4v) is 4.04. The van der Waals surface area contributed by atoms with Crippen LogP contribution in [0.15, 0.2) is 35.7 Å². The zero-order valence-electron chi connectivity index (χ0n) is 14.2. The molecule has 1 fully saturated rings. The standard InChI is InChI=1S/C19H21NO4S/c1-2-22-18(21)20-9-7-19(8-10-20)23-13-15-12-14(5-6-16(15)24-19)17-4-3-11-25-17/h3-6,11-12H,2,7-10,13H2,1H3. The number of ether oxygens (including phenoxy) is 3. The lowest BCUT2D eigenvalue weighted by Crippen LogP contribution is -2.52. The Hall–Kier alpha value is -2.05. The third-order valence-corrected chi connectivity index (χ3v) is 5.62. The van der Waals surface area contributed by atoms with Crippen molar-refractivity contribution in [3.63, 3.8) is 0 Å². The minimum atomic E-state index is -0.625. The number of carbonyl (C=O) groups is 1. The maximum absolute atomic E-state index is 11.8. The van der Waals surface area contributed by atoms with E-state index in [1.165, 1.54) is 10.4 Å². The summed E-state index contributed by atoms with van der Waals surface area (Å²) in [5.74, 6) is 0.261. The Labute approximate surface area is 151 Å². The van der Waals surface area contributed by atoms with Crippen molar-refractivity contribution in [1.29, 1.82) is 0 Å². The van der Waals surface area contributed by atoms with Gasteiger partial charge in [-0.3, -0.25) is 0 Å². The predicted molar refractivity (Wildman–Crippen MR) is 95.7 cm³/mol. The number of carbonyl (C=O) groups excluding carboxylic acids is 1. The van der Waals surface area contributed by atoms with Gasteiger partial charge in [0.05, 0.1) is 13.2 Å². The zero-order chi connectivity index (χ0) is 17.3. The molecule has 6 heteroatoms. The third kappa shape index (κ3) is 3.24. The van der Waals surface area contributed by atoms with Gasteiger partial charge in [-0.05, 0) is 42.1 Å². The van der Waals surface area contributed by atoms with Crippen molar-refractivity contribution < 1.29 is 19.0 Å².